The molecule has 0 fully saturated rings. The number of phosphoric ester groups is 1. The van der Waals surface area contributed by atoms with Gasteiger partial charge in [0.05, 0.1) is 21.0 Å². The Morgan fingerprint density at radius 2 is 1.85 bits per heavy atom. The van der Waals surface area contributed by atoms with Gasteiger partial charge in [-0.15, -0.1) is 0 Å². The number of phosphoric acid groups is 1. The predicted molar refractivity (Wildman–Crippen MR) is 39.3 cm³/mol. The molecule has 0 bridgehead atoms. The van der Waals surface area contributed by atoms with Crippen LogP contribution in [0.1, 0.15) is 19.8 Å². The molecular formula is C6H13NaO5P-. The summed E-state index contributed by atoms with van der Waals surface area (Å²) < 4.78 is 18.8. The van der Waals surface area contributed by atoms with Gasteiger partial charge in [0, 0.05) is 6.61 Å². The fourth-order valence-electron chi connectivity index (χ4n) is 0.556. The fraction of sp³-hybridized carbons (Fsp3) is 1.00. The van der Waals surface area contributed by atoms with Gasteiger partial charge in [-0.2, -0.15) is 0 Å². The maximum absolute atomic E-state index is 9.91. The first-order valence-electron chi connectivity index (χ1n) is 3.80. The quantitative estimate of drug-likeness (QED) is 0.254. The van der Waals surface area contributed by atoms with Gasteiger partial charge in [-0.1, -0.05) is 13.3 Å². The van der Waals surface area contributed by atoms with Crippen LogP contribution in [0.15, 0.2) is 0 Å². The van der Waals surface area contributed by atoms with Crippen LogP contribution in [0.3, 0.4) is 0 Å². The summed E-state index contributed by atoms with van der Waals surface area (Å²) in [6.45, 7) is 2.55. The van der Waals surface area contributed by atoms with Gasteiger partial charge >= 0.3 is 29.6 Å². The molecule has 0 unspecified atom stereocenters. The van der Waals surface area contributed by atoms with Crippen molar-refractivity contribution in [1.82, 2.24) is 0 Å². The van der Waals surface area contributed by atoms with E-state index in [0.29, 0.717) is 6.61 Å². The first-order chi connectivity index (χ1) is 5.56. The molecule has 0 saturated carbocycles. The zero-order chi connectivity index (χ0) is 9.45. The monoisotopic (exact) mass is 219 g/mol. The number of hydrogen-bond donors (Lipinski definition) is 0. The fourth-order valence-corrected chi connectivity index (χ4v) is 0.855. The van der Waals surface area contributed by atoms with Gasteiger partial charge in [0.2, 0.25) is 0 Å². The van der Waals surface area contributed by atoms with Gasteiger partial charge < -0.3 is 23.6 Å². The molecule has 0 N–H and O–H groups in total. The molecule has 0 amide bonds. The van der Waals surface area contributed by atoms with Crippen molar-refractivity contribution < 1.29 is 53.2 Å². The van der Waals surface area contributed by atoms with Crippen molar-refractivity contribution in [3.05, 3.63) is 0 Å². The average Bonchev–Trinajstić information content (AvgIpc) is 1.94. The second-order valence-electron chi connectivity index (χ2n) is 2.25. The zero-order valence-electron chi connectivity index (χ0n) is 8.02. The first-order valence-corrected chi connectivity index (χ1v) is 5.26. The standard InChI is InChI=1S/C6H15O5P.Na/c1-2-3-4-10-5-6-11-12(7,8)9;/h2-6H2,1H3,(H2,7,8,9);/q;+1/p-2. The molecule has 0 rings (SSSR count). The minimum atomic E-state index is -4.80. The number of unbranched alkanes of at least 4 members (excludes halogenated alkanes) is 1. The Bertz CT molecular complexity index is 148. The van der Waals surface area contributed by atoms with E-state index in [4.69, 9.17) is 4.74 Å². The first kappa shape index (κ1) is 16.5. The molecule has 0 radical (unpaired) electrons. The maximum Gasteiger partial charge on any atom is 1.00 e. The molecule has 0 heterocycles. The summed E-state index contributed by atoms with van der Waals surface area (Å²) in [5.74, 6) is 0. The molecule has 0 aromatic carbocycles. The van der Waals surface area contributed by atoms with Crippen molar-refractivity contribution in [2.45, 2.75) is 19.8 Å². The summed E-state index contributed by atoms with van der Waals surface area (Å²) in [5.41, 5.74) is 0. The van der Waals surface area contributed by atoms with E-state index in [1.54, 1.807) is 0 Å². The summed E-state index contributed by atoms with van der Waals surface area (Å²) in [6.07, 6.45) is 1.94. The summed E-state index contributed by atoms with van der Waals surface area (Å²) in [6, 6.07) is 0. The van der Waals surface area contributed by atoms with Crippen LogP contribution in [0.2, 0.25) is 0 Å². The van der Waals surface area contributed by atoms with Crippen LogP contribution in [0.5, 0.6) is 0 Å². The van der Waals surface area contributed by atoms with Crippen LogP contribution in [0.4, 0.5) is 0 Å². The smallest absolute Gasteiger partial charge is 0.790 e. The minimum Gasteiger partial charge on any atom is -0.790 e. The van der Waals surface area contributed by atoms with Crippen molar-refractivity contribution in [1.29, 1.82) is 0 Å². The van der Waals surface area contributed by atoms with Gasteiger partial charge in [0.15, 0.2) is 0 Å². The van der Waals surface area contributed by atoms with Gasteiger partial charge in [0.1, 0.15) is 0 Å². The van der Waals surface area contributed by atoms with Gasteiger partial charge in [-0.3, -0.25) is 0 Å². The van der Waals surface area contributed by atoms with Crippen LogP contribution < -0.4 is 39.3 Å². The molecule has 0 aromatic rings. The third-order valence-electron chi connectivity index (χ3n) is 1.12. The van der Waals surface area contributed by atoms with Crippen LogP contribution >= 0.6 is 7.82 Å². The van der Waals surface area contributed by atoms with Crippen LogP contribution in [-0.2, 0) is 13.8 Å². The molecule has 0 aliphatic carbocycles. The van der Waals surface area contributed by atoms with E-state index in [0.717, 1.165) is 12.8 Å². The molecule has 0 atom stereocenters. The van der Waals surface area contributed by atoms with E-state index in [1.165, 1.54) is 0 Å². The molecule has 0 aromatic heterocycles. The topological polar surface area (TPSA) is 81.7 Å². The van der Waals surface area contributed by atoms with E-state index < -0.39 is 7.82 Å². The van der Waals surface area contributed by atoms with E-state index in [-0.39, 0.29) is 42.8 Å². The summed E-state index contributed by atoms with van der Waals surface area (Å²) >= 11 is 0. The molecule has 5 nitrogen and oxygen atoms in total. The molecule has 0 aliphatic heterocycles. The maximum atomic E-state index is 9.91. The van der Waals surface area contributed by atoms with E-state index in [2.05, 4.69) is 4.52 Å². The third kappa shape index (κ3) is 15.8. The Labute approximate surface area is 100 Å². The predicted octanol–water partition coefficient (Wildman–Crippen LogP) is -3.35. The number of hydrogen-bond acceptors (Lipinski definition) is 5. The second-order valence-corrected chi connectivity index (χ2v) is 3.40. The molecular weight excluding hydrogens is 206 g/mol. The summed E-state index contributed by atoms with van der Waals surface area (Å²) in [7, 11) is -4.80. The van der Waals surface area contributed by atoms with Crippen molar-refractivity contribution >= 4 is 7.82 Å². The molecule has 7 heteroatoms. The Morgan fingerprint density at radius 1 is 1.23 bits per heavy atom. The Kier molecular flexibility index (Phi) is 12.2. The SMILES string of the molecule is CCCCOCCOP(=O)([O-])[O-].[Na+]. The number of ether oxygens (including phenoxy) is 1. The Morgan fingerprint density at radius 3 is 2.31 bits per heavy atom. The van der Waals surface area contributed by atoms with Gasteiger partial charge in [-0.05, 0) is 6.42 Å². The van der Waals surface area contributed by atoms with E-state index in [9.17, 15) is 14.4 Å². The summed E-state index contributed by atoms with van der Waals surface area (Å²) in [4.78, 5) is 19.8. The van der Waals surface area contributed by atoms with Crippen molar-refractivity contribution in [2.24, 2.45) is 0 Å². The van der Waals surface area contributed by atoms with Crippen LogP contribution in [-0.4, -0.2) is 19.8 Å². The van der Waals surface area contributed by atoms with Crippen molar-refractivity contribution in [3.8, 4) is 0 Å². The molecule has 13 heavy (non-hydrogen) atoms. The van der Waals surface area contributed by atoms with E-state index >= 15 is 0 Å². The largest absolute Gasteiger partial charge is 1.00 e. The van der Waals surface area contributed by atoms with Crippen molar-refractivity contribution in [2.75, 3.05) is 19.8 Å². The van der Waals surface area contributed by atoms with Crippen LogP contribution in [0.25, 0.3) is 0 Å². The molecule has 0 saturated heterocycles. The van der Waals surface area contributed by atoms with Gasteiger partial charge in [-0.25, -0.2) is 0 Å². The second kappa shape index (κ2) is 9.62. The normalized spacial score (nSPS) is 11.0. The Balaban J connectivity index is 0. The van der Waals surface area contributed by atoms with Gasteiger partial charge in [0.25, 0.3) is 0 Å². The molecule has 74 valence electrons. The minimum absolute atomic E-state index is 0. The van der Waals surface area contributed by atoms with E-state index in [1.807, 2.05) is 6.92 Å². The summed E-state index contributed by atoms with van der Waals surface area (Å²) in [5, 5.41) is 0. The van der Waals surface area contributed by atoms with Crippen LogP contribution in [0, 0.1) is 0 Å². The van der Waals surface area contributed by atoms with Crippen molar-refractivity contribution in [3.63, 3.8) is 0 Å². The average molecular weight is 219 g/mol. The molecule has 0 spiro atoms. The molecule has 0 aliphatic rings. The Hall–Kier alpha value is 1.07. The number of rotatable bonds is 7. The third-order valence-corrected chi connectivity index (χ3v) is 1.62. The zero-order valence-corrected chi connectivity index (χ0v) is 10.9.